The van der Waals surface area contributed by atoms with E-state index in [2.05, 4.69) is 68.5 Å². The van der Waals surface area contributed by atoms with Crippen molar-refractivity contribution in [3.8, 4) is 0 Å². The summed E-state index contributed by atoms with van der Waals surface area (Å²) in [6, 6.07) is 24.3. The van der Waals surface area contributed by atoms with Crippen molar-refractivity contribution in [2.45, 2.75) is 25.7 Å². The van der Waals surface area contributed by atoms with Gasteiger partial charge in [0.25, 0.3) is 0 Å². The number of hydrogen-bond acceptors (Lipinski definition) is 8. The normalized spacial score (nSPS) is 8.80. The molecule has 0 amide bonds. The fraction of sp³-hybridized carbons (Fsp3) is 0.125. The first-order valence-electron chi connectivity index (χ1n) is 13.2. The van der Waals surface area contributed by atoms with Gasteiger partial charge in [0, 0.05) is 80.5 Å². The van der Waals surface area contributed by atoms with E-state index >= 15 is 0 Å². The molecule has 6 aromatic rings. The molecular weight excluding hydrogens is 742 g/mol. The zero-order valence-corrected chi connectivity index (χ0v) is 28.4. The fourth-order valence-electron chi connectivity index (χ4n) is 3.79. The van der Waals surface area contributed by atoms with Crippen molar-refractivity contribution in [1.82, 2.24) is 19.9 Å². The topological polar surface area (TPSA) is 327 Å². The third-order valence-electron chi connectivity index (χ3n) is 5.79. The van der Waals surface area contributed by atoms with Gasteiger partial charge in [-0.25, -0.2) is 0 Å². The quantitative estimate of drug-likeness (QED) is 0.140. The maximum Gasteiger partial charge on any atom is 0.303 e. The number of carboxylic acids is 4. The van der Waals surface area contributed by atoms with Gasteiger partial charge >= 0.3 is 23.9 Å². The van der Waals surface area contributed by atoms with E-state index in [1.807, 2.05) is 24.3 Å². The number of fused-ring (bicyclic) bond motifs is 6. The molecule has 0 fully saturated rings. The number of rotatable bonds is 6. The monoisotopic (exact) mass is 778 g/mol. The van der Waals surface area contributed by atoms with Crippen molar-refractivity contribution in [3.05, 3.63) is 97.6 Å². The van der Waals surface area contributed by atoms with Gasteiger partial charge in [-0.2, -0.15) is 0 Å². The standard InChI is InChI=1S/2C12H8N2.2C4H6O4.2Mn.4H2O/c2*1-3-9-5-6-10-4-2-8-14-12(10)11(9)13-7-1;2*5-3(6)1-2-4(7)8;;;;;;/h2*1-8H;2*1-2H2,(H,5,6)(H,7,8);;;4*1H2. The molecule has 4 heterocycles. The Morgan fingerprint density at radius 2 is 0.560 bits per heavy atom. The first kappa shape index (κ1) is 51.7. The second-order valence-corrected chi connectivity index (χ2v) is 9.01. The van der Waals surface area contributed by atoms with Crippen LogP contribution < -0.4 is 0 Å². The van der Waals surface area contributed by atoms with E-state index in [1.165, 1.54) is 0 Å². The molecule has 50 heavy (non-hydrogen) atoms. The Balaban J connectivity index is -0.000000281. The van der Waals surface area contributed by atoms with Gasteiger partial charge in [-0.15, -0.1) is 0 Å². The molecule has 16 nitrogen and oxygen atoms in total. The first-order valence-corrected chi connectivity index (χ1v) is 13.2. The maximum atomic E-state index is 9.64. The summed E-state index contributed by atoms with van der Waals surface area (Å²) in [5.74, 6) is -4.31. The molecule has 270 valence electrons. The number of hydrogen-bond donors (Lipinski definition) is 4. The van der Waals surface area contributed by atoms with Crippen LogP contribution in [0.4, 0.5) is 0 Å². The van der Waals surface area contributed by atoms with Gasteiger partial charge < -0.3 is 42.3 Å². The van der Waals surface area contributed by atoms with Gasteiger partial charge in [-0.1, -0.05) is 48.5 Å². The van der Waals surface area contributed by atoms with E-state index in [0.717, 1.165) is 43.6 Å². The summed E-state index contributed by atoms with van der Waals surface area (Å²) in [4.78, 5) is 55.9. The van der Waals surface area contributed by atoms with Crippen LogP contribution in [0.25, 0.3) is 43.6 Å². The minimum atomic E-state index is -1.08. The van der Waals surface area contributed by atoms with E-state index < -0.39 is 23.9 Å². The van der Waals surface area contributed by atoms with E-state index in [0.29, 0.717) is 0 Å². The minimum Gasteiger partial charge on any atom is -0.481 e. The van der Waals surface area contributed by atoms with Crippen LogP contribution in [-0.4, -0.2) is 86.1 Å². The fourth-order valence-corrected chi connectivity index (χ4v) is 3.79. The summed E-state index contributed by atoms with van der Waals surface area (Å²) in [6.45, 7) is 0. The number of carboxylic acid groups (broad SMARTS) is 4. The van der Waals surface area contributed by atoms with Crippen LogP contribution in [0.2, 0.25) is 0 Å². The number of aliphatic carboxylic acids is 4. The molecule has 6 rings (SSSR count). The third-order valence-corrected chi connectivity index (χ3v) is 5.79. The number of carbonyl (C=O) groups is 4. The third kappa shape index (κ3) is 16.8. The maximum absolute atomic E-state index is 9.64. The van der Waals surface area contributed by atoms with Crippen molar-refractivity contribution < 1.29 is 95.6 Å². The zero-order chi connectivity index (χ0) is 31.9. The molecule has 0 unspecified atom stereocenters. The van der Waals surface area contributed by atoms with Crippen molar-refractivity contribution in [2.75, 3.05) is 0 Å². The van der Waals surface area contributed by atoms with Gasteiger partial charge in [-0.05, 0) is 24.3 Å². The van der Waals surface area contributed by atoms with Crippen LogP contribution in [0.5, 0.6) is 0 Å². The summed E-state index contributed by atoms with van der Waals surface area (Å²) in [5, 5.41) is 36.1. The Morgan fingerprint density at radius 1 is 0.380 bits per heavy atom. The molecule has 0 saturated heterocycles. The zero-order valence-electron chi connectivity index (χ0n) is 26.0. The van der Waals surface area contributed by atoms with Crippen LogP contribution in [0.3, 0.4) is 0 Å². The van der Waals surface area contributed by atoms with Crippen LogP contribution >= 0.6 is 0 Å². The predicted octanol–water partition coefficient (Wildman–Crippen LogP) is 2.13. The number of aromatic nitrogens is 4. The van der Waals surface area contributed by atoms with Crippen molar-refractivity contribution in [1.29, 1.82) is 0 Å². The molecule has 4 aromatic heterocycles. The molecule has 0 aliphatic heterocycles. The average molecular weight is 779 g/mol. The Hall–Kier alpha value is -5.16. The molecule has 0 spiro atoms. The number of pyridine rings is 4. The molecule has 2 radical (unpaired) electrons. The Labute approximate surface area is 305 Å². The van der Waals surface area contributed by atoms with E-state index in [9.17, 15) is 19.2 Å². The van der Waals surface area contributed by atoms with Crippen molar-refractivity contribution in [2.24, 2.45) is 0 Å². The predicted molar refractivity (Wildman–Crippen MR) is 178 cm³/mol. The Bertz CT molecular complexity index is 1660. The Kier molecular flexibility index (Phi) is 27.6. The first-order chi connectivity index (χ1) is 21.2. The summed E-state index contributed by atoms with van der Waals surface area (Å²) in [5.41, 5.74) is 3.91. The molecule has 12 N–H and O–H groups in total. The number of nitrogens with zero attached hydrogens (tertiary/aromatic N) is 4. The van der Waals surface area contributed by atoms with Crippen LogP contribution in [0.15, 0.2) is 97.6 Å². The second kappa shape index (κ2) is 26.8. The number of benzene rings is 2. The van der Waals surface area contributed by atoms with E-state index in [-0.39, 0.29) is 81.7 Å². The molecule has 0 aliphatic rings. The molecule has 0 saturated carbocycles. The summed E-state index contributed by atoms with van der Waals surface area (Å²) < 4.78 is 0. The van der Waals surface area contributed by atoms with Gasteiger partial charge in [-0.3, -0.25) is 39.1 Å². The van der Waals surface area contributed by atoms with Gasteiger partial charge in [0.05, 0.1) is 47.8 Å². The van der Waals surface area contributed by atoms with E-state index in [1.54, 1.807) is 24.8 Å². The molecule has 0 atom stereocenters. The molecular formula is C32H36Mn2N4O12. The van der Waals surface area contributed by atoms with E-state index in [4.69, 9.17) is 20.4 Å². The molecule has 0 aliphatic carbocycles. The van der Waals surface area contributed by atoms with Crippen LogP contribution in [0.1, 0.15) is 25.7 Å². The Morgan fingerprint density at radius 3 is 0.720 bits per heavy atom. The van der Waals surface area contributed by atoms with Crippen LogP contribution in [0, 0.1) is 0 Å². The molecule has 0 bridgehead atoms. The summed E-state index contributed by atoms with van der Waals surface area (Å²) in [7, 11) is 0. The largest absolute Gasteiger partial charge is 0.481 e. The summed E-state index contributed by atoms with van der Waals surface area (Å²) >= 11 is 0. The van der Waals surface area contributed by atoms with Crippen molar-refractivity contribution >= 4 is 67.5 Å². The molecule has 2 aromatic carbocycles. The van der Waals surface area contributed by atoms with Gasteiger partial charge in [0.2, 0.25) is 0 Å². The van der Waals surface area contributed by atoms with Gasteiger partial charge in [0.1, 0.15) is 0 Å². The summed E-state index contributed by atoms with van der Waals surface area (Å²) in [6.07, 6.45) is 6.02. The smallest absolute Gasteiger partial charge is 0.303 e. The average Bonchev–Trinajstić information content (AvgIpc) is 3.03. The van der Waals surface area contributed by atoms with Crippen molar-refractivity contribution in [3.63, 3.8) is 0 Å². The van der Waals surface area contributed by atoms with Crippen LogP contribution in [-0.2, 0) is 53.3 Å². The SMILES string of the molecule is O.O.O.O.O=C(O)CCC(=O)O.O=C(O)CCC(=O)O.[Mn].[Mn].c1cnc2c(c1)ccc1cccnc12.c1cnc2c(c1)ccc1cccnc12. The minimum absolute atomic E-state index is 0. The van der Waals surface area contributed by atoms with Gasteiger partial charge in [0.15, 0.2) is 0 Å². The second-order valence-electron chi connectivity index (χ2n) is 9.01. The molecule has 18 heteroatoms.